The lowest BCUT2D eigenvalue weighted by Crippen LogP contribution is -2.25. The summed E-state index contributed by atoms with van der Waals surface area (Å²) in [6, 6.07) is 11.0. The Bertz CT molecular complexity index is 706. The van der Waals surface area contributed by atoms with Gasteiger partial charge in [-0.3, -0.25) is 4.79 Å². The lowest BCUT2D eigenvalue weighted by atomic mass is 10.1. The summed E-state index contributed by atoms with van der Waals surface area (Å²) in [6.07, 6.45) is 1.69. The van der Waals surface area contributed by atoms with E-state index < -0.39 is 0 Å². The van der Waals surface area contributed by atoms with Crippen LogP contribution in [0.2, 0.25) is 5.02 Å². The number of aryl methyl sites for hydroxylation is 1. The molecule has 25 heavy (non-hydrogen) atoms. The third-order valence-electron chi connectivity index (χ3n) is 3.65. The molecule has 136 valence electrons. The van der Waals surface area contributed by atoms with E-state index >= 15 is 0 Å². The van der Waals surface area contributed by atoms with E-state index in [2.05, 4.69) is 5.32 Å². The molecule has 0 heterocycles. The molecule has 0 spiro atoms. The summed E-state index contributed by atoms with van der Waals surface area (Å²) in [5.41, 5.74) is 7.67. The number of nitrogens with two attached hydrogens (primary N) is 1. The summed E-state index contributed by atoms with van der Waals surface area (Å²) in [6.45, 7) is 0.552. The van der Waals surface area contributed by atoms with Gasteiger partial charge in [-0.15, -0.1) is 12.4 Å². The van der Waals surface area contributed by atoms with E-state index in [4.69, 9.17) is 26.8 Å². The Morgan fingerprint density at radius 3 is 2.44 bits per heavy atom. The van der Waals surface area contributed by atoms with E-state index in [1.54, 1.807) is 13.2 Å². The van der Waals surface area contributed by atoms with Crippen molar-refractivity contribution in [3.05, 3.63) is 52.5 Å². The summed E-state index contributed by atoms with van der Waals surface area (Å²) < 4.78 is 10.3. The number of hydrogen-bond donors (Lipinski definition) is 2. The fourth-order valence-corrected chi connectivity index (χ4v) is 2.46. The van der Waals surface area contributed by atoms with Crippen LogP contribution in [0.15, 0.2) is 36.4 Å². The van der Waals surface area contributed by atoms with Crippen molar-refractivity contribution in [1.29, 1.82) is 0 Å². The Morgan fingerprint density at radius 1 is 1.16 bits per heavy atom. The highest BCUT2D eigenvalue weighted by atomic mass is 35.5. The zero-order chi connectivity index (χ0) is 17.5. The molecule has 5 nitrogen and oxygen atoms in total. The number of carbonyl (C=O) groups is 1. The molecule has 0 unspecified atom stereocenters. The zero-order valence-electron chi connectivity index (χ0n) is 14.2. The molecule has 0 fully saturated rings. The molecule has 2 aromatic rings. The third kappa shape index (κ3) is 5.73. The average molecular weight is 385 g/mol. The molecule has 3 N–H and O–H groups in total. The molecule has 0 saturated heterocycles. The van der Waals surface area contributed by atoms with E-state index in [0.29, 0.717) is 28.6 Å². The van der Waals surface area contributed by atoms with Crippen molar-refractivity contribution in [3.8, 4) is 11.5 Å². The fraction of sp³-hybridized carbons (Fsp3) is 0.278. The van der Waals surface area contributed by atoms with Crippen molar-refractivity contribution < 1.29 is 14.3 Å². The van der Waals surface area contributed by atoms with Crippen LogP contribution in [0.1, 0.15) is 22.3 Å². The normalized spacial score (nSPS) is 9.88. The van der Waals surface area contributed by atoms with Gasteiger partial charge >= 0.3 is 0 Å². The van der Waals surface area contributed by atoms with E-state index in [0.717, 1.165) is 18.6 Å². The van der Waals surface area contributed by atoms with E-state index in [1.807, 2.05) is 24.3 Å². The van der Waals surface area contributed by atoms with Crippen LogP contribution in [0.5, 0.6) is 11.5 Å². The monoisotopic (exact) mass is 384 g/mol. The van der Waals surface area contributed by atoms with Gasteiger partial charge in [-0.05, 0) is 36.6 Å². The van der Waals surface area contributed by atoms with Crippen LogP contribution in [-0.2, 0) is 6.42 Å². The largest absolute Gasteiger partial charge is 0.497 e. The Morgan fingerprint density at radius 2 is 1.84 bits per heavy atom. The van der Waals surface area contributed by atoms with Crippen LogP contribution in [0.3, 0.4) is 0 Å². The molecule has 2 aromatic carbocycles. The number of halogens is 2. The number of anilines is 1. The standard InChI is InChI=1S/C18H21ClN2O3.ClH/c1-23-13-7-5-12(6-8-13)4-3-9-21-18(22)14-10-15(19)16(20)11-17(14)24-2;/h5-8,10-11H,3-4,9,20H2,1-2H3,(H,21,22);1H. The van der Waals surface area contributed by atoms with E-state index in [-0.39, 0.29) is 18.3 Å². The lowest BCUT2D eigenvalue weighted by molar-refractivity contribution is 0.0950. The quantitative estimate of drug-likeness (QED) is 0.563. The smallest absolute Gasteiger partial charge is 0.255 e. The second-order valence-electron chi connectivity index (χ2n) is 5.28. The Labute approximate surface area is 158 Å². The first-order valence-corrected chi connectivity index (χ1v) is 7.97. The van der Waals surface area contributed by atoms with Crippen molar-refractivity contribution >= 4 is 35.6 Å². The number of nitrogens with one attached hydrogen (secondary N) is 1. The van der Waals surface area contributed by atoms with Crippen molar-refractivity contribution in [3.63, 3.8) is 0 Å². The van der Waals surface area contributed by atoms with Crippen LogP contribution in [0.25, 0.3) is 0 Å². The number of rotatable bonds is 7. The summed E-state index contributed by atoms with van der Waals surface area (Å²) >= 11 is 5.98. The SMILES string of the molecule is COc1ccc(CCCNC(=O)c2cc(Cl)c(N)cc2OC)cc1.Cl. The molecular weight excluding hydrogens is 363 g/mol. The van der Waals surface area contributed by atoms with Gasteiger partial charge in [0.2, 0.25) is 0 Å². The van der Waals surface area contributed by atoms with Gasteiger partial charge in [0, 0.05) is 12.6 Å². The van der Waals surface area contributed by atoms with Crippen LogP contribution >= 0.6 is 24.0 Å². The number of amides is 1. The maximum absolute atomic E-state index is 12.3. The Kier molecular flexibility index (Phi) is 8.38. The molecule has 0 saturated carbocycles. The van der Waals surface area contributed by atoms with Gasteiger partial charge in [-0.2, -0.15) is 0 Å². The minimum Gasteiger partial charge on any atom is -0.497 e. The highest BCUT2D eigenvalue weighted by Gasteiger charge is 2.14. The zero-order valence-corrected chi connectivity index (χ0v) is 15.7. The highest BCUT2D eigenvalue weighted by Crippen LogP contribution is 2.28. The van der Waals surface area contributed by atoms with Crippen molar-refractivity contribution in [2.45, 2.75) is 12.8 Å². The number of benzene rings is 2. The number of ether oxygens (including phenoxy) is 2. The summed E-state index contributed by atoms with van der Waals surface area (Å²) in [5, 5.41) is 3.20. The van der Waals surface area contributed by atoms with Crippen LogP contribution < -0.4 is 20.5 Å². The van der Waals surface area contributed by atoms with Crippen molar-refractivity contribution in [2.24, 2.45) is 0 Å². The molecule has 0 aliphatic rings. The van der Waals surface area contributed by atoms with Gasteiger partial charge in [0.15, 0.2) is 0 Å². The molecule has 2 rings (SSSR count). The molecule has 1 amide bonds. The van der Waals surface area contributed by atoms with Crippen LogP contribution in [0.4, 0.5) is 5.69 Å². The average Bonchev–Trinajstić information content (AvgIpc) is 2.61. The summed E-state index contributed by atoms with van der Waals surface area (Å²) in [5.74, 6) is 1.01. The maximum Gasteiger partial charge on any atom is 0.255 e. The third-order valence-corrected chi connectivity index (χ3v) is 3.98. The van der Waals surface area contributed by atoms with Gasteiger partial charge in [-0.25, -0.2) is 0 Å². The molecular formula is C18H22Cl2N2O3. The molecule has 7 heteroatoms. The Balaban J connectivity index is 0.00000312. The molecule has 0 radical (unpaired) electrons. The van der Waals surface area contributed by atoms with Gasteiger partial charge < -0.3 is 20.5 Å². The number of methoxy groups -OCH3 is 2. The highest BCUT2D eigenvalue weighted by molar-refractivity contribution is 6.33. The number of hydrogen-bond acceptors (Lipinski definition) is 4. The van der Waals surface area contributed by atoms with Gasteiger partial charge in [0.1, 0.15) is 11.5 Å². The van der Waals surface area contributed by atoms with Gasteiger partial charge in [0.25, 0.3) is 5.91 Å². The molecule has 0 bridgehead atoms. The molecule has 0 aliphatic heterocycles. The van der Waals surface area contributed by atoms with Crippen molar-refractivity contribution in [2.75, 3.05) is 26.5 Å². The first-order valence-electron chi connectivity index (χ1n) is 7.59. The first-order chi connectivity index (χ1) is 11.5. The number of nitrogen functional groups attached to an aromatic ring is 1. The first kappa shape index (κ1) is 20.9. The van der Waals surface area contributed by atoms with Crippen LogP contribution in [-0.4, -0.2) is 26.7 Å². The summed E-state index contributed by atoms with van der Waals surface area (Å²) in [4.78, 5) is 12.3. The van der Waals surface area contributed by atoms with Gasteiger partial charge in [-0.1, -0.05) is 23.7 Å². The molecule has 0 aliphatic carbocycles. The maximum atomic E-state index is 12.3. The van der Waals surface area contributed by atoms with Crippen LogP contribution in [0, 0.1) is 0 Å². The van der Waals surface area contributed by atoms with Crippen molar-refractivity contribution in [1.82, 2.24) is 5.32 Å². The predicted octanol–water partition coefficient (Wildman–Crippen LogP) is 3.72. The second kappa shape index (κ2) is 10.0. The van der Waals surface area contributed by atoms with E-state index in [9.17, 15) is 4.79 Å². The second-order valence-corrected chi connectivity index (χ2v) is 5.69. The summed E-state index contributed by atoms with van der Waals surface area (Å²) in [7, 11) is 3.13. The minimum absolute atomic E-state index is 0. The Hall–Kier alpha value is -2.11. The number of carbonyl (C=O) groups excluding carboxylic acids is 1. The van der Waals surface area contributed by atoms with E-state index in [1.165, 1.54) is 18.7 Å². The molecule has 0 atom stereocenters. The topological polar surface area (TPSA) is 73.6 Å². The molecule has 0 aromatic heterocycles. The predicted molar refractivity (Wildman–Crippen MR) is 103 cm³/mol. The van der Waals surface area contributed by atoms with Gasteiger partial charge in [0.05, 0.1) is 30.5 Å². The fourth-order valence-electron chi connectivity index (χ4n) is 2.30. The minimum atomic E-state index is -0.233. The lowest BCUT2D eigenvalue weighted by Gasteiger charge is -2.11.